The Balaban J connectivity index is 2.51. The summed E-state index contributed by atoms with van der Waals surface area (Å²) in [6, 6.07) is 0. The third kappa shape index (κ3) is 1.80. The van der Waals surface area contributed by atoms with E-state index in [1.807, 2.05) is 13.8 Å². The van der Waals surface area contributed by atoms with Gasteiger partial charge in [0.15, 0.2) is 9.84 Å². The summed E-state index contributed by atoms with van der Waals surface area (Å²) >= 11 is 0. The van der Waals surface area contributed by atoms with Crippen molar-refractivity contribution in [3.8, 4) is 0 Å². The zero-order valence-electron chi connectivity index (χ0n) is 7.62. The third-order valence-corrected chi connectivity index (χ3v) is 4.48. The van der Waals surface area contributed by atoms with E-state index in [2.05, 4.69) is 0 Å². The van der Waals surface area contributed by atoms with Crippen molar-refractivity contribution in [2.24, 2.45) is 0 Å². The molecule has 2 unspecified atom stereocenters. The molecule has 0 aromatic carbocycles. The lowest BCUT2D eigenvalue weighted by molar-refractivity contribution is 0.0602. The molecule has 12 heavy (non-hydrogen) atoms. The molecule has 1 aliphatic heterocycles. The van der Waals surface area contributed by atoms with Crippen molar-refractivity contribution < 1.29 is 13.2 Å². The fourth-order valence-electron chi connectivity index (χ4n) is 1.59. The summed E-state index contributed by atoms with van der Waals surface area (Å²) in [6.07, 6.45) is 1.63. The van der Waals surface area contributed by atoms with Crippen LogP contribution in [0.1, 0.15) is 26.7 Å². The second-order valence-electron chi connectivity index (χ2n) is 3.15. The molecule has 0 saturated carbocycles. The highest BCUT2D eigenvalue weighted by Gasteiger charge is 2.45. The van der Waals surface area contributed by atoms with Crippen LogP contribution in [-0.2, 0) is 14.6 Å². The van der Waals surface area contributed by atoms with Crippen molar-refractivity contribution in [1.82, 2.24) is 0 Å². The largest absolute Gasteiger partial charge is 0.376 e. The first kappa shape index (κ1) is 9.99. The maximum atomic E-state index is 11.2. The van der Waals surface area contributed by atoms with E-state index in [0.717, 1.165) is 12.8 Å². The average Bonchev–Trinajstić information content (AvgIpc) is 2.00. The molecule has 0 spiro atoms. The highest BCUT2D eigenvalue weighted by Crippen LogP contribution is 2.28. The molecule has 0 aromatic heterocycles. The van der Waals surface area contributed by atoms with Crippen LogP contribution in [0.15, 0.2) is 0 Å². The van der Waals surface area contributed by atoms with Crippen molar-refractivity contribution >= 4 is 9.84 Å². The van der Waals surface area contributed by atoms with Gasteiger partial charge in [0.05, 0.1) is 17.1 Å². The molecule has 0 bridgehead atoms. The summed E-state index contributed by atoms with van der Waals surface area (Å²) in [5, 5.41) is -0.220. The summed E-state index contributed by atoms with van der Waals surface area (Å²) in [5.41, 5.74) is 0. The topological polar surface area (TPSA) is 43.4 Å². The van der Waals surface area contributed by atoms with E-state index < -0.39 is 9.84 Å². The maximum Gasteiger partial charge on any atom is 0.158 e. The Labute approximate surface area is 74.0 Å². The van der Waals surface area contributed by atoms with Gasteiger partial charge in [-0.1, -0.05) is 13.3 Å². The van der Waals surface area contributed by atoms with Crippen LogP contribution in [-0.4, -0.2) is 32.1 Å². The number of sulfone groups is 1. The Kier molecular flexibility index (Phi) is 3.12. The predicted molar refractivity (Wildman–Crippen MR) is 47.9 cm³/mol. The highest BCUT2D eigenvalue weighted by atomic mass is 32.2. The van der Waals surface area contributed by atoms with Crippen LogP contribution in [0.4, 0.5) is 0 Å². The summed E-state index contributed by atoms with van der Waals surface area (Å²) in [6.45, 7) is 4.51. The first-order valence-electron chi connectivity index (χ1n) is 4.45. The Hall–Kier alpha value is -0.0900. The molecular formula is C8H16O3S. The smallest absolute Gasteiger partial charge is 0.158 e. The second kappa shape index (κ2) is 3.75. The molecule has 0 aromatic rings. The zero-order valence-corrected chi connectivity index (χ0v) is 8.43. The molecule has 1 aliphatic rings. The van der Waals surface area contributed by atoms with Gasteiger partial charge in [-0.15, -0.1) is 0 Å². The summed E-state index contributed by atoms with van der Waals surface area (Å²) in [7, 11) is -2.78. The van der Waals surface area contributed by atoms with Gasteiger partial charge in [-0.2, -0.15) is 0 Å². The van der Waals surface area contributed by atoms with Crippen molar-refractivity contribution in [1.29, 1.82) is 0 Å². The van der Waals surface area contributed by atoms with Crippen LogP contribution in [0.5, 0.6) is 0 Å². The molecule has 1 fully saturated rings. The van der Waals surface area contributed by atoms with Gasteiger partial charge in [0, 0.05) is 6.61 Å². The lowest BCUT2D eigenvalue weighted by atomic mass is 10.1. The van der Waals surface area contributed by atoms with Gasteiger partial charge < -0.3 is 4.74 Å². The third-order valence-electron chi connectivity index (χ3n) is 2.23. The number of hydrogen-bond donors (Lipinski definition) is 0. The van der Waals surface area contributed by atoms with Crippen molar-refractivity contribution in [2.75, 3.05) is 12.4 Å². The molecule has 1 heterocycles. The van der Waals surface area contributed by atoms with E-state index >= 15 is 0 Å². The summed E-state index contributed by atoms with van der Waals surface area (Å²) in [5.74, 6) is 0.228. The first-order valence-corrected chi connectivity index (χ1v) is 6.16. The SMILES string of the molecule is CCCC1C(OCC)CS1(=O)=O. The van der Waals surface area contributed by atoms with Crippen LogP contribution in [0.2, 0.25) is 0 Å². The van der Waals surface area contributed by atoms with Crippen LogP contribution in [0.3, 0.4) is 0 Å². The van der Waals surface area contributed by atoms with Gasteiger partial charge in [-0.25, -0.2) is 8.42 Å². The number of hydrogen-bond acceptors (Lipinski definition) is 3. The summed E-state index contributed by atoms with van der Waals surface area (Å²) < 4.78 is 27.7. The normalized spacial score (nSPS) is 32.8. The lowest BCUT2D eigenvalue weighted by Crippen LogP contribution is -2.52. The van der Waals surface area contributed by atoms with Gasteiger partial charge in [0.2, 0.25) is 0 Å². The van der Waals surface area contributed by atoms with Crippen LogP contribution in [0, 0.1) is 0 Å². The van der Waals surface area contributed by atoms with E-state index in [9.17, 15) is 8.42 Å². The minimum atomic E-state index is -2.78. The minimum absolute atomic E-state index is 0.0278. The molecule has 0 amide bonds. The highest BCUT2D eigenvalue weighted by molar-refractivity contribution is 7.93. The van der Waals surface area contributed by atoms with E-state index in [0.29, 0.717) is 6.61 Å². The summed E-state index contributed by atoms with van der Waals surface area (Å²) in [4.78, 5) is 0. The van der Waals surface area contributed by atoms with Crippen LogP contribution in [0.25, 0.3) is 0 Å². The van der Waals surface area contributed by atoms with Gasteiger partial charge in [0.25, 0.3) is 0 Å². The van der Waals surface area contributed by atoms with Crippen LogP contribution >= 0.6 is 0 Å². The molecule has 4 heteroatoms. The Morgan fingerprint density at radius 1 is 1.42 bits per heavy atom. The molecule has 0 radical (unpaired) electrons. The molecule has 72 valence electrons. The molecule has 0 aliphatic carbocycles. The number of rotatable bonds is 4. The number of ether oxygens (including phenoxy) is 1. The van der Waals surface area contributed by atoms with Gasteiger partial charge >= 0.3 is 0 Å². The molecular weight excluding hydrogens is 176 g/mol. The predicted octanol–water partition coefficient (Wildman–Crippen LogP) is 0.989. The first-order chi connectivity index (χ1) is 5.61. The Bertz CT molecular complexity index is 233. The van der Waals surface area contributed by atoms with Crippen LogP contribution < -0.4 is 0 Å². The lowest BCUT2D eigenvalue weighted by Gasteiger charge is -2.35. The van der Waals surface area contributed by atoms with Crippen molar-refractivity contribution in [3.05, 3.63) is 0 Å². The monoisotopic (exact) mass is 192 g/mol. The molecule has 0 N–H and O–H groups in total. The fourth-order valence-corrected chi connectivity index (χ4v) is 3.50. The van der Waals surface area contributed by atoms with E-state index in [4.69, 9.17) is 4.74 Å². The molecule has 1 saturated heterocycles. The van der Waals surface area contributed by atoms with E-state index in [-0.39, 0.29) is 17.1 Å². The second-order valence-corrected chi connectivity index (χ2v) is 5.42. The molecule has 1 rings (SSSR count). The fraction of sp³-hybridized carbons (Fsp3) is 1.00. The quantitative estimate of drug-likeness (QED) is 0.667. The van der Waals surface area contributed by atoms with E-state index in [1.54, 1.807) is 0 Å². The van der Waals surface area contributed by atoms with Crippen molar-refractivity contribution in [3.63, 3.8) is 0 Å². The standard InChI is InChI=1S/C8H16O3S/c1-3-5-8-7(11-4-2)6-12(8,9)10/h7-8H,3-6H2,1-2H3. The Morgan fingerprint density at radius 2 is 2.08 bits per heavy atom. The minimum Gasteiger partial charge on any atom is -0.376 e. The Morgan fingerprint density at radius 3 is 2.50 bits per heavy atom. The van der Waals surface area contributed by atoms with Gasteiger partial charge in [-0.05, 0) is 13.3 Å². The maximum absolute atomic E-state index is 11.2. The molecule has 3 nitrogen and oxygen atoms in total. The van der Waals surface area contributed by atoms with E-state index in [1.165, 1.54) is 0 Å². The molecule has 2 atom stereocenters. The van der Waals surface area contributed by atoms with Gasteiger partial charge in [0.1, 0.15) is 0 Å². The van der Waals surface area contributed by atoms with Crippen molar-refractivity contribution in [2.45, 2.75) is 38.0 Å². The van der Waals surface area contributed by atoms with Gasteiger partial charge in [-0.3, -0.25) is 0 Å². The average molecular weight is 192 g/mol. The zero-order chi connectivity index (χ0) is 9.19.